The molecule has 19 heavy (non-hydrogen) atoms. The minimum absolute atomic E-state index is 0. The minimum atomic E-state index is -0.390. The van der Waals surface area contributed by atoms with Gasteiger partial charge in [-0.1, -0.05) is 17.7 Å². The van der Waals surface area contributed by atoms with Gasteiger partial charge in [-0.2, -0.15) is 0 Å². The molecule has 2 atom stereocenters. The van der Waals surface area contributed by atoms with Crippen molar-refractivity contribution in [3.63, 3.8) is 0 Å². The topological polar surface area (TPSA) is 55.1 Å². The summed E-state index contributed by atoms with van der Waals surface area (Å²) in [5, 5.41) is 3.13. The molecule has 0 saturated heterocycles. The zero-order valence-electron chi connectivity index (χ0n) is 11.0. The van der Waals surface area contributed by atoms with Gasteiger partial charge in [-0.3, -0.25) is 4.79 Å². The third kappa shape index (κ3) is 6.23. The fourth-order valence-corrected chi connectivity index (χ4v) is 1.93. The molecule has 1 rings (SSSR count). The molecule has 2 unspecified atom stereocenters. The molecule has 0 bridgehead atoms. The number of hydrogen-bond donors (Lipinski definition) is 2. The van der Waals surface area contributed by atoms with Gasteiger partial charge in [-0.15, -0.1) is 12.4 Å². The van der Waals surface area contributed by atoms with Crippen LogP contribution in [0.25, 0.3) is 0 Å². The molecule has 0 saturated carbocycles. The van der Waals surface area contributed by atoms with E-state index >= 15 is 0 Å². The van der Waals surface area contributed by atoms with Crippen molar-refractivity contribution in [1.82, 2.24) is 5.32 Å². The van der Waals surface area contributed by atoms with Crippen LogP contribution in [0.15, 0.2) is 18.2 Å². The summed E-state index contributed by atoms with van der Waals surface area (Å²) in [4.78, 5) is 11.6. The molecule has 1 aromatic carbocycles. The molecule has 1 aromatic rings. The van der Waals surface area contributed by atoms with Gasteiger partial charge in [0.15, 0.2) is 0 Å². The van der Waals surface area contributed by atoms with E-state index < -0.39 is 0 Å². The number of halogens is 3. The average molecular weight is 309 g/mol. The van der Waals surface area contributed by atoms with E-state index in [0.717, 1.165) is 0 Å². The first-order valence-electron chi connectivity index (χ1n) is 5.90. The Morgan fingerprint density at radius 3 is 2.63 bits per heavy atom. The molecule has 0 aliphatic carbocycles. The number of carbonyl (C=O) groups is 1. The second kappa shape index (κ2) is 8.35. The predicted molar refractivity (Wildman–Crippen MR) is 78.1 cm³/mol. The summed E-state index contributed by atoms with van der Waals surface area (Å²) in [6, 6.07) is 3.89. The summed E-state index contributed by atoms with van der Waals surface area (Å²) < 4.78 is 12.9. The molecule has 3 N–H and O–H groups in total. The first kappa shape index (κ1) is 18.2. The van der Waals surface area contributed by atoms with Crippen molar-refractivity contribution in [2.45, 2.75) is 38.8 Å². The number of benzene rings is 1. The molecular formula is C13H19Cl2FN2O. The molecule has 0 aliphatic rings. The lowest BCUT2D eigenvalue weighted by atomic mass is 10.1. The Hall–Kier alpha value is -0.840. The summed E-state index contributed by atoms with van der Waals surface area (Å²) in [7, 11) is 0. The highest BCUT2D eigenvalue weighted by molar-refractivity contribution is 6.31. The molecule has 1 amide bonds. The first-order valence-corrected chi connectivity index (χ1v) is 6.28. The van der Waals surface area contributed by atoms with E-state index in [2.05, 4.69) is 5.32 Å². The second-order valence-electron chi connectivity index (χ2n) is 4.47. The van der Waals surface area contributed by atoms with Gasteiger partial charge in [0.05, 0.1) is 6.04 Å². The highest BCUT2D eigenvalue weighted by Crippen LogP contribution is 2.23. The lowest BCUT2D eigenvalue weighted by Gasteiger charge is -2.16. The zero-order chi connectivity index (χ0) is 13.7. The van der Waals surface area contributed by atoms with Crippen molar-refractivity contribution < 1.29 is 9.18 Å². The smallest absolute Gasteiger partial charge is 0.220 e. The van der Waals surface area contributed by atoms with Crippen molar-refractivity contribution in [3.8, 4) is 0 Å². The molecule has 0 aliphatic heterocycles. The Morgan fingerprint density at radius 2 is 2.11 bits per heavy atom. The first-order chi connectivity index (χ1) is 8.40. The van der Waals surface area contributed by atoms with Crippen LogP contribution in [-0.2, 0) is 4.79 Å². The standard InChI is InChI=1S/C13H18ClFN2O.ClH/c1-8(16)3-6-13(18)17-9(2)11-5-4-10(15)7-12(11)14;/h4-5,7-9H,3,6,16H2,1-2H3,(H,17,18);1H. The summed E-state index contributed by atoms with van der Waals surface area (Å²) in [5.41, 5.74) is 6.28. The van der Waals surface area contributed by atoms with Gasteiger partial charge in [0.2, 0.25) is 5.91 Å². The van der Waals surface area contributed by atoms with Crippen LogP contribution >= 0.6 is 24.0 Å². The molecule has 108 valence electrons. The van der Waals surface area contributed by atoms with Crippen molar-refractivity contribution in [2.24, 2.45) is 5.73 Å². The van der Waals surface area contributed by atoms with E-state index in [1.807, 2.05) is 13.8 Å². The normalized spacial score (nSPS) is 13.3. The van der Waals surface area contributed by atoms with Crippen molar-refractivity contribution in [2.75, 3.05) is 0 Å². The lowest BCUT2D eigenvalue weighted by molar-refractivity contribution is -0.121. The van der Waals surface area contributed by atoms with E-state index in [-0.39, 0.29) is 36.2 Å². The minimum Gasteiger partial charge on any atom is -0.350 e. The molecular weight excluding hydrogens is 290 g/mol. The van der Waals surface area contributed by atoms with Crippen LogP contribution < -0.4 is 11.1 Å². The summed E-state index contributed by atoms with van der Waals surface area (Å²) in [6.45, 7) is 3.66. The SMILES string of the molecule is CC(N)CCC(=O)NC(C)c1ccc(F)cc1Cl.Cl. The van der Waals surface area contributed by atoms with Crippen molar-refractivity contribution >= 4 is 29.9 Å². The Morgan fingerprint density at radius 1 is 1.47 bits per heavy atom. The number of carbonyl (C=O) groups excluding carboxylic acids is 1. The number of nitrogens with one attached hydrogen (secondary N) is 1. The van der Waals surface area contributed by atoms with Crippen LogP contribution in [0, 0.1) is 5.82 Å². The van der Waals surface area contributed by atoms with Gasteiger partial charge in [0.25, 0.3) is 0 Å². The highest BCUT2D eigenvalue weighted by Gasteiger charge is 2.13. The van der Waals surface area contributed by atoms with E-state index in [1.54, 1.807) is 6.07 Å². The molecule has 0 aromatic heterocycles. The second-order valence-corrected chi connectivity index (χ2v) is 4.88. The quantitative estimate of drug-likeness (QED) is 0.877. The third-order valence-corrected chi connectivity index (χ3v) is 2.96. The van der Waals surface area contributed by atoms with Crippen LogP contribution in [0.4, 0.5) is 4.39 Å². The number of amides is 1. The van der Waals surface area contributed by atoms with E-state index in [1.165, 1.54) is 12.1 Å². The van der Waals surface area contributed by atoms with E-state index in [4.69, 9.17) is 17.3 Å². The highest BCUT2D eigenvalue weighted by atomic mass is 35.5. The maximum absolute atomic E-state index is 12.9. The Balaban J connectivity index is 0.00000324. The van der Waals surface area contributed by atoms with Crippen molar-refractivity contribution in [1.29, 1.82) is 0 Å². The fraction of sp³-hybridized carbons (Fsp3) is 0.462. The largest absolute Gasteiger partial charge is 0.350 e. The molecule has 0 radical (unpaired) electrons. The van der Waals surface area contributed by atoms with Crippen LogP contribution in [0.1, 0.15) is 38.3 Å². The molecule has 0 spiro atoms. The summed E-state index contributed by atoms with van der Waals surface area (Å²) >= 11 is 5.92. The van der Waals surface area contributed by atoms with E-state index in [9.17, 15) is 9.18 Å². The third-order valence-electron chi connectivity index (χ3n) is 2.63. The lowest BCUT2D eigenvalue weighted by Crippen LogP contribution is -2.28. The van der Waals surface area contributed by atoms with Gasteiger partial charge >= 0.3 is 0 Å². The Bertz CT molecular complexity index is 427. The Kier molecular flexibility index (Phi) is 7.99. The number of nitrogens with two attached hydrogens (primary N) is 1. The summed E-state index contributed by atoms with van der Waals surface area (Å²) in [6.07, 6.45) is 1.01. The van der Waals surface area contributed by atoms with Gasteiger partial charge < -0.3 is 11.1 Å². The van der Waals surface area contributed by atoms with Gasteiger partial charge in [0, 0.05) is 17.5 Å². The van der Waals surface area contributed by atoms with Crippen molar-refractivity contribution in [3.05, 3.63) is 34.6 Å². The molecule has 0 heterocycles. The fourth-order valence-electron chi connectivity index (χ4n) is 1.60. The van der Waals surface area contributed by atoms with Gasteiger partial charge in [-0.05, 0) is 38.0 Å². The average Bonchev–Trinajstić information content (AvgIpc) is 2.26. The van der Waals surface area contributed by atoms with Crippen LogP contribution in [0.2, 0.25) is 5.02 Å². The number of rotatable bonds is 5. The monoisotopic (exact) mass is 308 g/mol. The number of hydrogen-bond acceptors (Lipinski definition) is 2. The van der Waals surface area contributed by atoms with E-state index in [0.29, 0.717) is 23.4 Å². The van der Waals surface area contributed by atoms with Gasteiger partial charge in [0.1, 0.15) is 5.82 Å². The maximum atomic E-state index is 12.9. The zero-order valence-corrected chi connectivity index (χ0v) is 12.5. The molecule has 0 fully saturated rings. The van der Waals surface area contributed by atoms with Gasteiger partial charge in [-0.25, -0.2) is 4.39 Å². The van der Waals surface area contributed by atoms with Crippen LogP contribution in [0.3, 0.4) is 0 Å². The van der Waals surface area contributed by atoms with Crippen LogP contribution in [0.5, 0.6) is 0 Å². The maximum Gasteiger partial charge on any atom is 0.220 e. The summed E-state index contributed by atoms with van der Waals surface area (Å²) in [5.74, 6) is -0.473. The van der Waals surface area contributed by atoms with Crippen LogP contribution in [-0.4, -0.2) is 11.9 Å². The molecule has 3 nitrogen and oxygen atoms in total. The Labute approximate surface area is 124 Å². The molecule has 6 heteroatoms. The predicted octanol–water partition coefficient (Wildman–Crippen LogP) is 3.21.